The number of rotatable bonds is 7. The Balaban J connectivity index is 1.32. The molecule has 166 valence electrons. The van der Waals surface area contributed by atoms with Gasteiger partial charge in [0.05, 0.1) is 0 Å². The highest BCUT2D eigenvalue weighted by molar-refractivity contribution is 5.94. The predicted octanol–water partition coefficient (Wildman–Crippen LogP) is 6.25. The van der Waals surface area contributed by atoms with Crippen molar-refractivity contribution in [3.05, 3.63) is 59.7 Å². The molecule has 31 heavy (non-hydrogen) atoms. The first-order valence-corrected chi connectivity index (χ1v) is 12.4. The summed E-state index contributed by atoms with van der Waals surface area (Å²) in [6.45, 7) is 5.65. The van der Waals surface area contributed by atoms with Crippen LogP contribution in [0.15, 0.2) is 48.5 Å². The van der Waals surface area contributed by atoms with Gasteiger partial charge in [0.25, 0.3) is 5.91 Å². The number of amides is 1. The van der Waals surface area contributed by atoms with E-state index in [1.807, 2.05) is 17.0 Å². The van der Waals surface area contributed by atoms with Crippen molar-refractivity contribution in [1.29, 1.82) is 0 Å². The number of carbonyl (C=O) groups is 1. The molecule has 2 aromatic carbocycles. The summed E-state index contributed by atoms with van der Waals surface area (Å²) in [4.78, 5) is 14.6. The average molecular weight is 419 g/mol. The zero-order valence-corrected chi connectivity index (χ0v) is 19.1. The minimum Gasteiger partial charge on any atom is -0.336 e. The molecule has 1 heterocycles. The number of nitrogens with one attached hydrogen (secondary N) is 1. The molecule has 0 bridgehead atoms. The van der Waals surface area contributed by atoms with Crippen molar-refractivity contribution >= 4 is 5.91 Å². The number of unbranched alkanes of at least 4 members (excludes halogenated alkanes) is 2. The first kappa shape index (κ1) is 22.1. The van der Waals surface area contributed by atoms with Crippen molar-refractivity contribution < 1.29 is 4.79 Å². The molecule has 1 aliphatic heterocycles. The highest BCUT2D eigenvalue weighted by atomic mass is 16.2. The topological polar surface area (TPSA) is 32.3 Å². The lowest BCUT2D eigenvalue weighted by Crippen LogP contribution is -2.46. The second kappa shape index (κ2) is 10.9. The van der Waals surface area contributed by atoms with Gasteiger partial charge in [0.1, 0.15) is 0 Å². The Morgan fingerprint density at radius 1 is 0.871 bits per heavy atom. The van der Waals surface area contributed by atoms with Crippen LogP contribution in [0.2, 0.25) is 0 Å². The molecule has 1 saturated carbocycles. The smallest absolute Gasteiger partial charge is 0.253 e. The van der Waals surface area contributed by atoms with Crippen LogP contribution in [-0.2, 0) is 0 Å². The summed E-state index contributed by atoms with van der Waals surface area (Å²) in [6, 6.07) is 17.3. The van der Waals surface area contributed by atoms with Gasteiger partial charge in [-0.1, -0.05) is 69.0 Å². The Morgan fingerprint density at radius 3 is 2.10 bits per heavy atom. The van der Waals surface area contributed by atoms with Gasteiger partial charge in [0.2, 0.25) is 0 Å². The van der Waals surface area contributed by atoms with E-state index in [0.29, 0.717) is 0 Å². The van der Waals surface area contributed by atoms with Crippen LogP contribution in [0, 0.1) is 5.92 Å². The van der Waals surface area contributed by atoms with E-state index in [1.165, 1.54) is 68.1 Å². The van der Waals surface area contributed by atoms with Crippen LogP contribution in [0.1, 0.15) is 80.1 Å². The summed E-state index contributed by atoms with van der Waals surface area (Å²) in [7, 11) is 0. The van der Waals surface area contributed by atoms with E-state index in [1.54, 1.807) is 0 Å². The van der Waals surface area contributed by atoms with Crippen molar-refractivity contribution in [3.63, 3.8) is 0 Å². The van der Waals surface area contributed by atoms with Crippen molar-refractivity contribution in [2.75, 3.05) is 26.2 Å². The zero-order valence-electron chi connectivity index (χ0n) is 19.1. The maximum absolute atomic E-state index is 12.7. The molecule has 1 amide bonds. The lowest BCUT2D eigenvalue weighted by atomic mass is 9.77. The summed E-state index contributed by atoms with van der Waals surface area (Å²) in [5.41, 5.74) is 4.71. The van der Waals surface area contributed by atoms with E-state index in [4.69, 9.17) is 0 Å². The summed E-state index contributed by atoms with van der Waals surface area (Å²) in [6.07, 6.45) is 11.1. The molecule has 3 heteroatoms. The Morgan fingerprint density at radius 2 is 1.48 bits per heavy atom. The summed E-state index contributed by atoms with van der Waals surface area (Å²) < 4.78 is 0. The molecule has 2 aliphatic rings. The summed E-state index contributed by atoms with van der Waals surface area (Å²) in [5, 5.41) is 3.30. The van der Waals surface area contributed by atoms with Gasteiger partial charge >= 0.3 is 0 Å². The van der Waals surface area contributed by atoms with E-state index in [2.05, 4.69) is 48.6 Å². The Kier molecular flexibility index (Phi) is 7.80. The molecule has 2 fully saturated rings. The largest absolute Gasteiger partial charge is 0.336 e. The normalized spacial score (nSPS) is 21.8. The van der Waals surface area contributed by atoms with Gasteiger partial charge in [0.15, 0.2) is 0 Å². The van der Waals surface area contributed by atoms with Gasteiger partial charge in [-0.2, -0.15) is 0 Å². The van der Waals surface area contributed by atoms with Gasteiger partial charge in [-0.15, -0.1) is 0 Å². The molecule has 0 unspecified atom stereocenters. The molecule has 1 aliphatic carbocycles. The second-order valence-corrected chi connectivity index (χ2v) is 9.45. The van der Waals surface area contributed by atoms with Crippen molar-refractivity contribution in [1.82, 2.24) is 10.2 Å². The second-order valence-electron chi connectivity index (χ2n) is 9.45. The molecule has 0 spiro atoms. The highest BCUT2D eigenvalue weighted by Gasteiger charge is 2.22. The third-order valence-corrected chi connectivity index (χ3v) is 7.31. The third kappa shape index (κ3) is 5.77. The van der Waals surface area contributed by atoms with Gasteiger partial charge < -0.3 is 10.2 Å². The predicted molar refractivity (Wildman–Crippen MR) is 129 cm³/mol. The maximum atomic E-state index is 12.7. The minimum absolute atomic E-state index is 0.147. The zero-order chi connectivity index (χ0) is 21.5. The molecular formula is C28H38N2O. The van der Waals surface area contributed by atoms with Crippen LogP contribution >= 0.6 is 0 Å². The molecule has 1 N–H and O–H groups in total. The van der Waals surface area contributed by atoms with E-state index in [0.717, 1.165) is 43.6 Å². The van der Waals surface area contributed by atoms with E-state index in [9.17, 15) is 4.79 Å². The number of benzene rings is 2. The highest BCUT2D eigenvalue weighted by Crippen LogP contribution is 2.38. The average Bonchev–Trinajstić information content (AvgIpc) is 2.85. The van der Waals surface area contributed by atoms with Gasteiger partial charge in [-0.25, -0.2) is 0 Å². The number of carbonyl (C=O) groups excluding carboxylic acids is 1. The van der Waals surface area contributed by atoms with Crippen molar-refractivity contribution in [3.8, 4) is 11.1 Å². The SMILES string of the molecule is CCCCCC1CCC(c2ccc(-c3ccc(C(=O)N4CCNCC4)cc3)cc2)CC1. The number of piperazine rings is 1. The molecule has 2 aromatic rings. The van der Waals surface area contributed by atoms with Crippen LogP contribution < -0.4 is 5.32 Å². The van der Waals surface area contributed by atoms with Crippen LogP contribution in [0.3, 0.4) is 0 Å². The Labute approximate surface area is 188 Å². The first-order valence-electron chi connectivity index (χ1n) is 12.4. The molecule has 4 rings (SSSR count). The molecule has 0 radical (unpaired) electrons. The fourth-order valence-electron chi connectivity index (χ4n) is 5.27. The monoisotopic (exact) mass is 418 g/mol. The lowest BCUT2D eigenvalue weighted by molar-refractivity contribution is 0.0736. The summed E-state index contributed by atoms with van der Waals surface area (Å²) >= 11 is 0. The Bertz CT molecular complexity index is 813. The fourth-order valence-corrected chi connectivity index (χ4v) is 5.27. The van der Waals surface area contributed by atoms with Crippen molar-refractivity contribution in [2.24, 2.45) is 5.92 Å². The van der Waals surface area contributed by atoms with E-state index in [-0.39, 0.29) is 5.91 Å². The molecule has 1 saturated heterocycles. The lowest BCUT2D eigenvalue weighted by Gasteiger charge is -2.29. The maximum Gasteiger partial charge on any atom is 0.253 e. The number of nitrogens with zero attached hydrogens (tertiary/aromatic N) is 1. The van der Waals surface area contributed by atoms with Gasteiger partial charge in [0, 0.05) is 31.7 Å². The Hall–Kier alpha value is -2.13. The fraction of sp³-hybridized carbons (Fsp3) is 0.536. The van der Waals surface area contributed by atoms with Crippen LogP contribution in [0.4, 0.5) is 0 Å². The number of hydrogen-bond donors (Lipinski definition) is 1. The quantitative estimate of drug-likeness (QED) is 0.539. The van der Waals surface area contributed by atoms with Crippen LogP contribution in [0.5, 0.6) is 0 Å². The van der Waals surface area contributed by atoms with Gasteiger partial charge in [-0.3, -0.25) is 4.79 Å². The van der Waals surface area contributed by atoms with E-state index >= 15 is 0 Å². The minimum atomic E-state index is 0.147. The first-order chi connectivity index (χ1) is 15.2. The molecule has 0 atom stereocenters. The van der Waals surface area contributed by atoms with Crippen LogP contribution in [-0.4, -0.2) is 37.0 Å². The van der Waals surface area contributed by atoms with E-state index < -0.39 is 0 Å². The molecule has 3 nitrogen and oxygen atoms in total. The third-order valence-electron chi connectivity index (χ3n) is 7.31. The summed E-state index contributed by atoms with van der Waals surface area (Å²) in [5.74, 6) is 1.84. The molecular weight excluding hydrogens is 380 g/mol. The number of hydrogen-bond acceptors (Lipinski definition) is 2. The van der Waals surface area contributed by atoms with Gasteiger partial charge in [-0.05, 0) is 66.3 Å². The van der Waals surface area contributed by atoms with Crippen molar-refractivity contribution in [2.45, 2.75) is 64.2 Å². The standard InChI is InChI=1S/C28H38N2O/c1-2-3-4-5-22-6-8-23(9-7-22)24-10-12-25(13-11-24)26-14-16-27(17-15-26)28(31)30-20-18-29-19-21-30/h10-17,22-23,29H,2-9,18-21H2,1H3. The van der Waals surface area contributed by atoms with Crippen LogP contribution in [0.25, 0.3) is 11.1 Å². The molecule has 0 aromatic heterocycles.